The fourth-order valence-electron chi connectivity index (χ4n) is 1.29. The second-order valence-corrected chi connectivity index (χ2v) is 3.52. The Morgan fingerprint density at radius 2 is 2.31 bits per heavy atom. The molecule has 3 nitrogen and oxygen atoms in total. The van der Waals surface area contributed by atoms with Gasteiger partial charge in [0.25, 0.3) is 0 Å². The van der Waals surface area contributed by atoms with E-state index in [9.17, 15) is 0 Å². The SMILES string of the molecule is Cc1ccnc(OC2CCC2)c1N. The first-order valence-corrected chi connectivity index (χ1v) is 4.65. The smallest absolute Gasteiger partial charge is 0.237 e. The van der Waals surface area contributed by atoms with Gasteiger partial charge in [0.15, 0.2) is 0 Å². The zero-order valence-corrected chi connectivity index (χ0v) is 7.79. The van der Waals surface area contributed by atoms with Gasteiger partial charge in [-0.05, 0) is 37.8 Å². The molecule has 0 atom stereocenters. The molecule has 0 amide bonds. The molecule has 1 saturated carbocycles. The molecule has 2 N–H and O–H groups in total. The van der Waals surface area contributed by atoms with Crippen molar-refractivity contribution in [3.8, 4) is 5.88 Å². The Morgan fingerprint density at radius 3 is 2.92 bits per heavy atom. The van der Waals surface area contributed by atoms with E-state index < -0.39 is 0 Å². The molecule has 1 heterocycles. The molecule has 2 rings (SSSR count). The van der Waals surface area contributed by atoms with Gasteiger partial charge in [0, 0.05) is 6.20 Å². The summed E-state index contributed by atoms with van der Waals surface area (Å²) in [6, 6.07) is 1.89. The topological polar surface area (TPSA) is 48.1 Å². The molecule has 0 saturated heterocycles. The van der Waals surface area contributed by atoms with Crippen molar-refractivity contribution in [3.05, 3.63) is 17.8 Å². The number of aryl methyl sites for hydroxylation is 1. The van der Waals surface area contributed by atoms with Gasteiger partial charge < -0.3 is 10.5 Å². The highest BCUT2D eigenvalue weighted by atomic mass is 16.5. The summed E-state index contributed by atoms with van der Waals surface area (Å²) >= 11 is 0. The van der Waals surface area contributed by atoms with E-state index in [1.54, 1.807) is 6.20 Å². The zero-order valence-electron chi connectivity index (χ0n) is 7.79. The van der Waals surface area contributed by atoms with Crippen molar-refractivity contribution in [1.29, 1.82) is 0 Å². The third-order valence-electron chi connectivity index (χ3n) is 2.50. The van der Waals surface area contributed by atoms with Crippen LogP contribution in [-0.4, -0.2) is 11.1 Å². The largest absolute Gasteiger partial charge is 0.473 e. The molecular formula is C10H14N2O. The predicted molar refractivity (Wildman–Crippen MR) is 51.7 cm³/mol. The fourth-order valence-corrected chi connectivity index (χ4v) is 1.29. The summed E-state index contributed by atoms with van der Waals surface area (Å²) in [4.78, 5) is 4.11. The monoisotopic (exact) mass is 178 g/mol. The molecule has 0 radical (unpaired) electrons. The highest BCUT2D eigenvalue weighted by molar-refractivity contribution is 5.53. The van der Waals surface area contributed by atoms with Crippen LogP contribution >= 0.6 is 0 Å². The Labute approximate surface area is 77.9 Å². The number of pyridine rings is 1. The van der Waals surface area contributed by atoms with Crippen LogP contribution in [0.3, 0.4) is 0 Å². The standard InChI is InChI=1S/C10H14N2O/c1-7-5-6-12-10(9(7)11)13-8-3-2-4-8/h5-6,8H,2-4,11H2,1H3. The van der Waals surface area contributed by atoms with Gasteiger partial charge in [-0.3, -0.25) is 0 Å². The second kappa shape index (κ2) is 3.24. The van der Waals surface area contributed by atoms with Gasteiger partial charge in [0.1, 0.15) is 6.10 Å². The molecule has 1 fully saturated rings. The van der Waals surface area contributed by atoms with Crippen molar-refractivity contribution >= 4 is 5.69 Å². The number of nitrogens with two attached hydrogens (primary N) is 1. The minimum absolute atomic E-state index is 0.344. The van der Waals surface area contributed by atoms with Crippen LogP contribution in [0.5, 0.6) is 5.88 Å². The Bertz CT molecular complexity index is 308. The minimum atomic E-state index is 0.344. The van der Waals surface area contributed by atoms with E-state index in [1.807, 2.05) is 13.0 Å². The number of rotatable bonds is 2. The van der Waals surface area contributed by atoms with E-state index in [0.29, 0.717) is 17.7 Å². The summed E-state index contributed by atoms with van der Waals surface area (Å²) in [5, 5.41) is 0. The number of nitrogen functional groups attached to an aromatic ring is 1. The van der Waals surface area contributed by atoms with Crippen molar-refractivity contribution in [2.45, 2.75) is 32.3 Å². The minimum Gasteiger partial charge on any atom is -0.473 e. The van der Waals surface area contributed by atoms with Crippen LogP contribution in [0.4, 0.5) is 5.69 Å². The average Bonchev–Trinajstić information content (AvgIpc) is 2.04. The first-order chi connectivity index (χ1) is 6.27. The van der Waals surface area contributed by atoms with Crippen LogP contribution in [0.2, 0.25) is 0 Å². The van der Waals surface area contributed by atoms with E-state index in [4.69, 9.17) is 10.5 Å². The summed E-state index contributed by atoms with van der Waals surface area (Å²) in [5.41, 5.74) is 7.53. The third-order valence-corrected chi connectivity index (χ3v) is 2.50. The van der Waals surface area contributed by atoms with Crippen molar-refractivity contribution in [1.82, 2.24) is 4.98 Å². The number of hydrogen-bond donors (Lipinski definition) is 1. The number of anilines is 1. The van der Waals surface area contributed by atoms with Gasteiger partial charge in [0.2, 0.25) is 5.88 Å². The lowest BCUT2D eigenvalue weighted by Crippen LogP contribution is -2.25. The van der Waals surface area contributed by atoms with Gasteiger partial charge in [-0.15, -0.1) is 0 Å². The number of hydrogen-bond acceptors (Lipinski definition) is 3. The highest BCUT2D eigenvalue weighted by Crippen LogP contribution is 2.28. The number of ether oxygens (including phenoxy) is 1. The van der Waals surface area contributed by atoms with Crippen molar-refractivity contribution in [2.75, 3.05) is 5.73 Å². The van der Waals surface area contributed by atoms with E-state index in [2.05, 4.69) is 4.98 Å². The maximum Gasteiger partial charge on any atom is 0.237 e. The summed E-state index contributed by atoms with van der Waals surface area (Å²) in [6.45, 7) is 1.96. The van der Waals surface area contributed by atoms with Crippen LogP contribution in [0.1, 0.15) is 24.8 Å². The average molecular weight is 178 g/mol. The van der Waals surface area contributed by atoms with Gasteiger partial charge in [0.05, 0.1) is 5.69 Å². The third kappa shape index (κ3) is 1.59. The molecule has 3 heteroatoms. The van der Waals surface area contributed by atoms with Crippen LogP contribution in [0, 0.1) is 6.92 Å². The normalized spacial score (nSPS) is 16.7. The molecule has 0 aromatic carbocycles. The molecular weight excluding hydrogens is 164 g/mol. The van der Waals surface area contributed by atoms with Gasteiger partial charge in [-0.1, -0.05) is 0 Å². The summed E-state index contributed by atoms with van der Waals surface area (Å²) in [6.07, 6.45) is 5.61. The highest BCUT2D eigenvalue weighted by Gasteiger charge is 2.20. The van der Waals surface area contributed by atoms with Gasteiger partial charge >= 0.3 is 0 Å². The van der Waals surface area contributed by atoms with Crippen LogP contribution in [-0.2, 0) is 0 Å². The number of nitrogens with zero attached hydrogens (tertiary/aromatic N) is 1. The lowest BCUT2D eigenvalue weighted by molar-refractivity contribution is 0.115. The Kier molecular flexibility index (Phi) is 2.08. The quantitative estimate of drug-likeness (QED) is 0.752. The maximum atomic E-state index is 5.82. The molecule has 0 spiro atoms. The zero-order chi connectivity index (χ0) is 9.26. The second-order valence-electron chi connectivity index (χ2n) is 3.52. The molecule has 70 valence electrons. The molecule has 1 aliphatic rings. The summed E-state index contributed by atoms with van der Waals surface area (Å²) in [5.74, 6) is 0.602. The molecule has 0 unspecified atom stereocenters. The lowest BCUT2D eigenvalue weighted by Gasteiger charge is -2.26. The van der Waals surface area contributed by atoms with Crippen LogP contribution in [0.15, 0.2) is 12.3 Å². The van der Waals surface area contributed by atoms with Crippen LogP contribution in [0.25, 0.3) is 0 Å². The number of aromatic nitrogens is 1. The van der Waals surface area contributed by atoms with E-state index in [-0.39, 0.29) is 0 Å². The molecule has 1 aromatic heterocycles. The first kappa shape index (κ1) is 8.35. The predicted octanol–water partition coefficient (Wildman–Crippen LogP) is 1.90. The first-order valence-electron chi connectivity index (χ1n) is 4.65. The summed E-state index contributed by atoms with van der Waals surface area (Å²) < 4.78 is 5.63. The fraction of sp³-hybridized carbons (Fsp3) is 0.500. The summed E-state index contributed by atoms with van der Waals surface area (Å²) in [7, 11) is 0. The van der Waals surface area contributed by atoms with Crippen molar-refractivity contribution < 1.29 is 4.74 Å². The van der Waals surface area contributed by atoms with Gasteiger partial charge in [-0.25, -0.2) is 4.98 Å². The molecule has 0 bridgehead atoms. The maximum absolute atomic E-state index is 5.82. The van der Waals surface area contributed by atoms with Crippen molar-refractivity contribution in [2.24, 2.45) is 0 Å². The van der Waals surface area contributed by atoms with Gasteiger partial charge in [-0.2, -0.15) is 0 Å². The lowest BCUT2D eigenvalue weighted by atomic mass is 9.96. The molecule has 1 aromatic rings. The Balaban J connectivity index is 2.14. The molecule has 1 aliphatic carbocycles. The Hall–Kier alpha value is -1.25. The Morgan fingerprint density at radius 1 is 1.54 bits per heavy atom. The van der Waals surface area contributed by atoms with Crippen LogP contribution < -0.4 is 10.5 Å². The molecule has 13 heavy (non-hydrogen) atoms. The van der Waals surface area contributed by atoms with E-state index >= 15 is 0 Å². The van der Waals surface area contributed by atoms with E-state index in [0.717, 1.165) is 18.4 Å². The van der Waals surface area contributed by atoms with E-state index in [1.165, 1.54) is 6.42 Å². The van der Waals surface area contributed by atoms with Crippen molar-refractivity contribution in [3.63, 3.8) is 0 Å². The molecule has 0 aliphatic heterocycles.